The van der Waals surface area contributed by atoms with Gasteiger partial charge in [-0.2, -0.15) is 21.0 Å². The summed E-state index contributed by atoms with van der Waals surface area (Å²) in [5, 5.41) is 99.3. The molecule has 0 bridgehead atoms. The Hall–Kier alpha value is -3.46. The topological polar surface area (TPSA) is 321 Å². The number of hydrogen-bond donors (Lipinski definition) is 10. The van der Waals surface area contributed by atoms with Crippen LogP contribution >= 0.6 is 209 Å². The van der Waals surface area contributed by atoms with Crippen LogP contribution in [0.2, 0.25) is 80.4 Å². The zero-order chi connectivity index (χ0) is 88.4. The summed E-state index contributed by atoms with van der Waals surface area (Å²) < 4.78 is 0. The summed E-state index contributed by atoms with van der Waals surface area (Å²) >= 11 is 106. The zero-order valence-corrected chi connectivity index (χ0v) is 77.8. The first-order chi connectivity index (χ1) is 57.1. The maximum Gasteiger partial charge on any atom is 0.0877 e. The molecule has 8 saturated carbocycles. The molecule has 16 rings (SSSR count). The van der Waals surface area contributed by atoms with Crippen molar-refractivity contribution in [1.82, 2.24) is 0 Å². The summed E-state index contributed by atoms with van der Waals surface area (Å²) in [5.41, 5.74) is 28.7. The third-order valence-electron chi connectivity index (χ3n) is 25.0. The third-order valence-corrected chi connectivity index (χ3v) is 31.7. The minimum absolute atomic E-state index is 0.0275. The minimum Gasteiger partial charge on any atom is -0.396 e. The van der Waals surface area contributed by atoms with Gasteiger partial charge in [0.1, 0.15) is 0 Å². The molecular weight excluding hydrogens is 1900 g/mol. The van der Waals surface area contributed by atoms with E-state index in [1.54, 1.807) is 84.9 Å². The molecule has 16 atom stereocenters. The van der Waals surface area contributed by atoms with Crippen LogP contribution in [0.5, 0.6) is 0 Å². The van der Waals surface area contributed by atoms with Gasteiger partial charge in [-0.25, -0.2) is 0 Å². The standard InChI is InChI=1S/2C11H12Cl3N.2C11H13Cl2NO.4C11H9Cl2NO/c2*12-5-8-4-11(8,6-15)7-1-2-9(13)10(14)3-7;6*12-9-2-1-7(3-10(9)13)11(6-14)4-8(11)5-15/h2*1-3,8H,4-6,15H2;2*1-3,8,15H,4-6,14H2;4*1-3,8,15H,4-5H2/t8-,11+;8-,11-;8-,11+;8-,11-;2*8-,11+;2*8-,11-/m11111010/s1. The molecule has 0 spiro atoms. The number of alkyl halides is 2. The minimum atomic E-state index is -0.553. The van der Waals surface area contributed by atoms with Crippen molar-refractivity contribution in [3.63, 3.8) is 0 Å². The average Bonchev–Trinajstić information content (AvgIpc) is 1.64. The first-order valence-electron chi connectivity index (χ1n) is 38.0. The van der Waals surface area contributed by atoms with Crippen LogP contribution in [0.3, 0.4) is 0 Å². The Kier molecular flexibility index (Phi) is 35.6. The summed E-state index contributed by atoms with van der Waals surface area (Å²) in [5.74, 6) is 2.88. The van der Waals surface area contributed by atoms with Crippen molar-refractivity contribution in [2.75, 3.05) is 77.6 Å². The van der Waals surface area contributed by atoms with Crippen LogP contribution in [0.4, 0.5) is 0 Å². The van der Waals surface area contributed by atoms with Gasteiger partial charge in [0.05, 0.1) is 126 Å². The lowest BCUT2D eigenvalue weighted by Gasteiger charge is -2.15. The van der Waals surface area contributed by atoms with E-state index in [0.717, 1.165) is 70.2 Å². The average molecular weight is 1990 g/mol. The first kappa shape index (κ1) is 100. The number of nitrogens with zero attached hydrogens (tertiary/aromatic N) is 4. The molecule has 8 aliphatic rings. The number of benzene rings is 8. The predicted octanol–water partition coefficient (Wildman–Crippen LogP) is 22.4. The Morgan fingerprint density at radius 2 is 0.383 bits per heavy atom. The monoisotopic (exact) mass is 1980 g/mol. The van der Waals surface area contributed by atoms with E-state index in [9.17, 15) is 0 Å². The third kappa shape index (κ3) is 21.8. The van der Waals surface area contributed by atoms with Gasteiger partial charge < -0.3 is 53.6 Å². The highest BCUT2D eigenvalue weighted by molar-refractivity contribution is 6.45. The highest BCUT2D eigenvalue weighted by atomic mass is 35.5. The predicted molar refractivity (Wildman–Crippen MR) is 493 cm³/mol. The molecule has 0 amide bonds. The Balaban J connectivity index is 0.000000156. The van der Waals surface area contributed by atoms with E-state index >= 15 is 0 Å². The van der Waals surface area contributed by atoms with E-state index in [4.69, 9.17) is 283 Å². The molecule has 0 heterocycles. The van der Waals surface area contributed by atoms with E-state index in [0.29, 0.717) is 156 Å². The van der Waals surface area contributed by atoms with Gasteiger partial charge in [-0.1, -0.05) is 234 Å². The van der Waals surface area contributed by atoms with Gasteiger partial charge in [-0.3, -0.25) is 0 Å². The van der Waals surface area contributed by atoms with Crippen LogP contribution in [0.25, 0.3) is 0 Å². The van der Waals surface area contributed by atoms with Gasteiger partial charge in [0, 0.05) is 123 Å². The highest BCUT2D eigenvalue weighted by Gasteiger charge is 2.60. The highest BCUT2D eigenvalue weighted by Crippen LogP contribution is 2.61. The maximum absolute atomic E-state index is 9.14. The van der Waals surface area contributed by atoms with Crippen molar-refractivity contribution < 1.29 is 30.6 Å². The molecule has 0 saturated heterocycles. The molecule has 0 unspecified atom stereocenters. The molecule has 14 nitrogen and oxygen atoms in total. The lowest BCUT2D eigenvalue weighted by atomic mass is 9.93. The quantitative estimate of drug-likeness (QED) is 0.0317. The van der Waals surface area contributed by atoms with Crippen molar-refractivity contribution in [2.45, 2.75) is 94.7 Å². The molecule has 8 fully saturated rings. The lowest BCUT2D eigenvalue weighted by Crippen LogP contribution is -2.23. The Bertz CT molecular complexity index is 4550. The molecule has 640 valence electrons. The molecule has 8 aromatic carbocycles. The van der Waals surface area contributed by atoms with Crippen LogP contribution in [-0.2, 0) is 43.3 Å². The van der Waals surface area contributed by atoms with Crippen LogP contribution in [-0.4, -0.2) is 108 Å². The summed E-state index contributed by atoms with van der Waals surface area (Å²) in [6.07, 6.45) is 6.72. The van der Waals surface area contributed by atoms with E-state index < -0.39 is 21.7 Å². The first-order valence-corrected chi connectivity index (χ1v) is 45.1. The lowest BCUT2D eigenvalue weighted by molar-refractivity contribution is 0.264. The van der Waals surface area contributed by atoms with Crippen molar-refractivity contribution in [1.29, 1.82) is 21.0 Å². The fraction of sp³-hybridized carbons (Fsp3) is 0.409. The number of hydrogen-bond acceptors (Lipinski definition) is 14. The van der Waals surface area contributed by atoms with Gasteiger partial charge in [0.25, 0.3) is 0 Å². The largest absolute Gasteiger partial charge is 0.396 e. The van der Waals surface area contributed by atoms with E-state index in [1.807, 2.05) is 60.7 Å². The molecule has 0 radical (unpaired) electrons. The SMILES string of the molecule is N#C[C@@]1(c2ccc(Cl)c(Cl)c2)C[C@@H]1CO.N#C[C@@]1(c2ccc(Cl)c(Cl)c2)C[C@H]1CO.N#C[C@]1(c2ccc(Cl)c(Cl)c2)C[C@@H]1CO.N#C[C@]1(c2ccc(Cl)c(Cl)c2)C[C@H]1CO.NC[C@@]1(c2ccc(Cl)c(Cl)c2)C[C@@H]1CCl.NC[C@@]1(c2ccc(Cl)c(Cl)c2)C[C@@H]1CO.NC[C@]1(c2ccc(Cl)c(Cl)c2)C[C@@H]1CCl.NC[C@]1(c2ccc(Cl)c(Cl)c2)C[C@@H]1CO. The van der Waals surface area contributed by atoms with Crippen LogP contribution in [0, 0.1) is 92.7 Å². The van der Waals surface area contributed by atoms with E-state index in [1.165, 1.54) is 0 Å². The number of aliphatic hydroxyl groups is 6. The summed E-state index contributed by atoms with van der Waals surface area (Å²) in [6.45, 7) is 2.80. The Morgan fingerprint density at radius 1 is 0.233 bits per heavy atom. The van der Waals surface area contributed by atoms with Gasteiger partial charge >= 0.3 is 0 Å². The van der Waals surface area contributed by atoms with Crippen molar-refractivity contribution in [3.05, 3.63) is 270 Å². The van der Waals surface area contributed by atoms with Crippen molar-refractivity contribution >= 4 is 209 Å². The number of nitrogens with two attached hydrogens (primary N) is 4. The van der Waals surface area contributed by atoms with Gasteiger partial charge in [-0.15, -0.1) is 23.2 Å². The molecule has 14 N–H and O–H groups in total. The number of nitriles is 4. The second kappa shape index (κ2) is 42.6. The second-order valence-electron chi connectivity index (χ2n) is 31.4. The summed E-state index contributed by atoms with van der Waals surface area (Å²) in [6, 6.07) is 52.4. The zero-order valence-electron chi connectivity index (χ0n) is 64.2. The smallest absolute Gasteiger partial charge is 0.0877 e. The van der Waals surface area contributed by atoms with Crippen molar-refractivity contribution in [3.8, 4) is 24.3 Å². The molecule has 8 aromatic rings. The summed E-state index contributed by atoms with van der Waals surface area (Å²) in [4.78, 5) is 0. The molecule has 0 aromatic heterocycles. The van der Waals surface area contributed by atoms with Crippen LogP contribution < -0.4 is 22.9 Å². The Morgan fingerprint density at radius 3 is 0.500 bits per heavy atom. The van der Waals surface area contributed by atoms with Gasteiger partial charge in [0.2, 0.25) is 0 Å². The Labute approximate surface area is 790 Å². The van der Waals surface area contributed by atoms with Crippen molar-refractivity contribution in [2.24, 2.45) is 70.3 Å². The fourth-order valence-corrected chi connectivity index (χ4v) is 19.2. The number of halogens is 18. The van der Waals surface area contributed by atoms with Crippen LogP contribution in [0.1, 0.15) is 95.9 Å². The number of rotatable bonds is 20. The molecule has 8 aliphatic carbocycles. The summed E-state index contributed by atoms with van der Waals surface area (Å²) in [7, 11) is 0. The molecular formula is C88H86Cl18N8O6. The second-order valence-corrected chi connectivity index (χ2v) is 38.5. The normalized spacial score (nSPS) is 28.9. The van der Waals surface area contributed by atoms with E-state index in [-0.39, 0.29) is 96.8 Å². The molecule has 32 heteroatoms. The van der Waals surface area contributed by atoms with Gasteiger partial charge in [0.15, 0.2) is 0 Å². The van der Waals surface area contributed by atoms with E-state index in [2.05, 4.69) is 24.3 Å². The maximum atomic E-state index is 9.14. The molecule has 120 heavy (non-hydrogen) atoms. The van der Waals surface area contributed by atoms with Crippen LogP contribution in [0.15, 0.2) is 146 Å². The number of aliphatic hydroxyl groups excluding tert-OH is 6. The fourth-order valence-electron chi connectivity index (χ4n) is 16.0. The van der Waals surface area contributed by atoms with Gasteiger partial charge in [-0.05, 0) is 217 Å². The molecule has 0 aliphatic heterocycles.